The molecule has 4 heteroatoms. The second kappa shape index (κ2) is 5.80. The molecule has 94 valence electrons. The van der Waals surface area contributed by atoms with Crippen molar-refractivity contribution in [3.8, 4) is 0 Å². The van der Waals surface area contributed by atoms with Gasteiger partial charge in [-0.3, -0.25) is 9.00 Å². The summed E-state index contributed by atoms with van der Waals surface area (Å²) < 4.78 is 12.0. The fraction of sp³-hybridized carbons (Fsp3) is 0.917. The predicted octanol–water partition coefficient (Wildman–Crippen LogP) is 2.28. The van der Waals surface area contributed by atoms with E-state index in [4.69, 9.17) is 5.11 Å². The fourth-order valence-corrected chi connectivity index (χ4v) is 4.02. The summed E-state index contributed by atoms with van der Waals surface area (Å²) >= 11 is 0. The SMILES string of the molecule is CC(CS(=O)C1CCC(C)C(C)C1)C(=O)O. The second-order valence-electron chi connectivity index (χ2n) is 5.18. The van der Waals surface area contributed by atoms with Gasteiger partial charge in [-0.05, 0) is 31.1 Å². The summed E-state index contributed by atoms with van der Waals surface area (Å²) in [4.78, 5) is 10.7. The van der Waals surface area contributed by atoms with Crippen molar-refractivity contribution in [3.63, 3.8) is 0 Å². The molecule has 0 radical (unpaired) electrons. The molecule has 0 aromatic rings. The van der Waals surface area contributed by atoms with Gasteiger partial charge in [0.1, 0.15) is 0 Å². The minimum Gasteiger partial charge on any atom is -0.481 e. The standard InChI is InChI=1S/C12H22O3S/c1-8-4-5-11(6-9(8)2)16(15)7-10(3)12(13)14/h8-11H,4-7H2,1-3H3,(H,13,14). The lowest BCUT2D eigenvalue weighted by molar-refractivity contribution is -0.140. The highest BCUT2D eigenvalue weighted by atomic mass is 32.2. The van der Waals surface area contributed by atoms with E-state index in [1.807, 2.05) is 0 Å². The Bertz CT molecular complexity index is 277. The molecule has 1 fully saturated rings. The maximum atomic E-state index is 12.0. The highest BCUT2D eigenvalue weighted by Gasteiger charge is 2.29. The molecule has 0 saturated heterocycles. The highest BCUT2D eigenvalue weighted by Crippen LogP contribution is 2.32. The largest absolute Gasteiger partial charge is 0.481 e. The monoisotopic (exact) mass is 246 g/mol. The first-order chi connectivity index (χ1) is 7.41. The van der Waals surface area contributed by atoms with Crippen LogP contribution in [0.2, 0.25) is 0 Å². The molecule has 1 N–H and O–H groups in total. The van der Waals surface area contributed by atoms with E-state index in [-0.39, 0.29) is 5.25 Å². The molecule has 0 amide bonds. The zero-order valence-electron chi connectivity index (χ0n) is 10.3. The van der Waals surface area contributed by atoms with Gasteiger partial charge >= 0.3 is 5.97 Å². The van der Waals surface area contributed by atoms with Gasteiger partial charge in [0.05, 0.1) is 5.92 Å². The van der Waals surface area contributed by atoms with Gasteiger partial charge < -0.3 is 5.11 Å². The Morgan fingerprint density at radius 1 is 1.38 bits per heavy atom. The molecule has 0 heterocycles. The molecule has 16 heavy (non-hydrogen) atoms. The summed E-state index contributed by atoms with van der Waals surface area (Å²) in [6.45, 7) is 6.08. The summed E-state index contributed by atoms with van der Waals surface area (Å²) in [7, 11) is -0.974. The molecular weight excluding hydrogens is 224 g/mol. The van der Waals surface area contributed by atoms with Crippen LogP contribution in [0, 0.1) is 17.8 Å². The zero-order chi connectivity index (χ0) is 12.3. The Morgan fingerprint density at radius 2 is 2.00 bits per heavy atom. The highest BCUT2D eigenvalue weighted by molar-refractivity contribution is 7.85. The van der Waals surface area contributed by atoms with E-state index in [0.717, 1.165) is 19.3 Å². The number of hydrogen-bond acceptors (Lipinski definition) is 2. The molecular formula is C12H22O3S. The van der Waals surface area contributed by atoms with Crippen LogP contribution in [-0.2, 0) is 15.6 Å². The van der Waals surface area contributed by atoms with Gasteiger partial charge in [0.2, 0.25) is 0 Å². The van der Waals surface area contributed by atoms with E-state index in [1.54, 1.807) is 6.92 Å². The van der Waals surface area contributed by atoms with Gasteiger partial charge in [0, 0.05) is 21.8 Å². The van der Waals surface area contributed by atoms with Crippen molar-refractivity contribution >= 4 is 16.8 Å². The zero-order valence-corrected chi connectivity index (χ0v) is 11.1. The lowest BCUT2D eigenvalue weighted by atomic mass is 9.81. The van der Waals surface area contributed by atoms with Crippen LogP contribution >= 0.6 is 0 Å². The summed E-state index contributed by atoms with van der Waals surface area (Å²) in [5, 5.41) is 9.00. The van der Waals surface area contributed by atoms with Crippen molar-refractivity contribution in [2.75, 3.05) is 5.75 Å². The molecule has 0 aromatic carbocycles. The van der Waals surface area contributed by atoms with Crippen LogP contribution in [0.15, 0.2) is 0 Å². The van der Waals surface area contributed by atoms with Gasteiger partial charge in [0.15, 0.2) is 0 Å². The smallest absolute Gasteiger partial charge is 0.307 e. The maximum absolute atomic E-state index is 12.0. The number of carbonyl (C=O) groups is 1. The van der Waals surface area contributed by atoms with E-state index >= 15 is 0 Å². The van der Waals surface area contributed by atoms with E-state index in [0.29, 0.717) is 17.6 Å². The Balaban J connectivity index is 2.46. The topological polar surface area (TPSA) is 54.4 Å². The second-order valence-corrected chi connectivity index (χ2v) is 6.94. The van der Waals surface area contributed by atoms with Gasteiger partial charge in [-0.1, -0.05) is 20.8 Å². The molecule has 1 saturated carbocycles. The Kier molecular flexibility index (Phi) is 4.96. The summed E-state index contributed by atoms with van der Waals surface area (Å²) in [5.41, 5.74) is 0. The summed E-state index contributed by atoms with van der Waals surface area (Å²) in [5.74, 6) is 0.301. The van der Waals surface area contributed by atoms with Crippen LogP contribution in [0.1, 0.15) is 40.0 Å². The third-order valence-electron chi connectivity index (χ3n) is 3.76. The molecule has 3 nitrogen and oxygen atoms in total. The normalized spacial score (nSPS) is 34.3. The Labute approximate surface area is 100 Å². The quantitative estimate of drug-likeness (QED) is 0.828. The fourth-order valence-electron chi connectivity index (χ4n) is 2.19. The van der Waals surface area contributed by atoms with E-state index in [9.17, 15) is 9.00 Å². The van der Waals surface area contributed by atoms with Gasteiger partial charge in [-0.25, -0.2) is 0 Å². The average Bonchev–Trinajstić information content (AvgIpc) is 2.21. The first-order valence-electron chi connectivity index (χ1n) is 6.01. The van der Waals surface area contributed by atoms with Gasteiger partial charge in [-0.2, -0.15) is 0 Å². The van der Waals surface area contributed by atoms with Crippen LogP contribution in [0.3, 0.4) is 0 Å². The van der Waals surface area contributed by atoms with Crippen molar-refractivity contribution < 1.29 is 14.1 Å². The minimum absolute atomic E-state index is 0.216. The first-order valence-corrected chi connectivity index (χ1v) is 7.40. The van der Waals surface area contributed by atoms with Crippen LogP contribution in [0.25, 0.3) is 0 Å². The summed E-state index contributed by atoms with van der Waals surface area (Å²) in [6.07, 6.45) is 3.10. The maximum Gasteiger partial charge on any atom is 0.307 e. The number of hydrogen-bond donors (Lipinski definition) is 1. The molecule has 1 aliphatic carbocycles. The van der Waals surface area contributed by atoms with Crippen LogP contribution < -0.4 is 0 Å². The van der Waals surface area contributed by atoms with Gasteiger partial charge in [-0.15, -0.1) is 0 Å². The molecule has 0 aliphatic heterocycles. The average molecular weight is 246 g/mol. The Morgan fingerprint density at radius 3 is 2.50 bits per heavy atom. The molecule has 0 aromatic heterocycles. The lowest BCUT2D eigenvalue weighted by Crippen LogP contribution is -2.31. The molecule has 1 rings (SSSR count). The molecule has 0 spiro atoms. The van der Waals surface area contributed by atoms with Crippen LogP contribution in [0.4, 0.5) is 0 Å². The van der Waals surface area contributed by atoms with Crippen molar-refractivity contribution in [1.29, 1.82) is 0 Å². The van der Waals surface area contributed by atoms with Crippen molar-refractivity contribution in [3.05, 3.63) is 0 Å². The number of carboxylic acid groups (broad SMARTS) is 1. The molecule has 1 aliphatic rings. The molecule has 5 atom stereocenters. The predicted molar refractivity (Wildman–Crippen MR) is 65.8 cm³/mol. The van der Waals surface area contributed by atoms with E-state index < -0.39 is 22.7 Å². The molecule has 0 bridgehead atoms. The minimum atomic E-state index is -0.974. The Hall–Kier alpha value is -0.380. The number of aliphatic carboxylic acids is 1. The van der Waals surface area contributed by atoms with Crippen molar-refractivity contribution in [1.82, 2.24) is 0 Å². The van der Waals surface area contributed by atoms with E-state index in [2.05, 4.69) is 13.8 Å². The third-order valence-corrected chi connectivity index (χ3v) is 5.76. The number of carboxylic acids is 1. The van der Waals surface area contributed by atoms with Crippen molar-refractivity contribution in [2.24, 2.45) is 17.8 Å². The molecule has 5 unspecified atom stereocenters. The van der Waals surface area contributed by atoms with E-state index in [1.165, 1.54) is 0 Å². The lowest BCUT2D eigenvalue weighted by Gasteiger charge is -2.31. The first kappa shape index (κ1) is 13.7. The van der Waals surface area contributed by atoms with Crippen LogP contribution in [-0.4, -0.2) is 26.3 Å². The van der Waals surface area contributed by atoms with Crippen molar-refractivity contribution in [2.45, 2.75) is 45.3 Å². The van der Waals surface area contributed by atoms with Gasteiger partial charge in [0.25, 0.3) is 0 Å². The summed E-state index contributed by atoms with van der Waals surface area (Å²) in [6, 6.07) is 0. The number of rotatable bonds is 4. The van der Waals surface area contributed by atoms with Crippen LogP contribution in [0.5, 0.6) is 0 Å². The third kappa shape index (κ3) is 3.58.